The van der Waals surface area contributed by atoms with Crippen LogP contribution in [0.15, 0.2) is 53.4 Å². The first-order valence-corrected chi connectivity index (χ1v) is 11.3. The van der Waals surface area contributed by atoms with Crippen molar-refractivity contribution in [3.05, 3.63) is 66.1 Å². The summed E-state index contributed by atoms with van der Waals surface area (Å²) in [5.41, 5.74) is 1.82. The first kappa shape index (κ1) is 23.1. The molecule has 3 heterocycles. The Morgan fingerprint density at radius 2 is 1.97 bits per heavy atom. The third-order valence-electron chi connectivity index (χ3n) is 5.83. The van der Waals surface area contributed by atoms with Crippen LogP contribution in [-0.2, 0) is 6.54 Å². The molecule has 0 radical (unpaired) electrons. The van der Waals surface area contributed by atoms with Crippen molar-refractivity contribution in [3.63, 3.8) is 0 Å². The van der Waals surface area contributed by atoms with E-state index >= 15 is 0 Å². The molecule has 4 aromatic rings. The van der Waals surface area contributed by atoms with Gasteiger partial charge in [0.15, 0.2) is 17.5 Å². The number of benzene rings is 1. The van der Waals surface area contributed by atoms with Crippen molar-refractivity contribution in [3.8, 4) is 22.9 Å². The van der Waals surface area contributed by atoms with Crippen molar-refractivity contribution in [1.29, 1.82) is 0 Å². The van der Waals surface area contributed by atoms with Crippen LogP contribution in [0.25, 0.3) is 22.9 Å². The molecular weight excluding hydrogens is 458 g/mol. The Morgan fingerprint density at radius 1 is 1.14 bits per heavy atom. The molecule has 3 aromatic heterocycles. The molecule has 1 unspecified atom stereocenters. The van der Waals surface area contributed by atoms with Gasteiger partial charge in [0.1, 0.15) is 23.5 Å². The fraction of sp³-hybridized carbons (Fsp3) is 0.333. The molecule has 2 N–H and O–H groups in total. The zero-order valence-electron chi connectivity index (χ0n) is 18.8. The van der Waals surface area contributed by atoms with Crippen LogP contribution in [0.1, 0.15) is 18.4 Å². The molecule has 9 nitrogen and oxygen atoms in total. The quantitative estimate of drug-likeness (QED) is 0.355. The molecule has 35 heavy (non-hydrogen) atoms. The third-order valence-corrected chi connectivity index (χ3v) is 5.83. The van der Waals surface area contributed by atoms with Gasteiger partial charge in [-0.3, -0.25) is 4.68 Å². The van der Waals surface area contributed by atoms with Gasteiger partial charge < -0.3 is 19.6 Å². The van der Waals surface area contributed by atoms with Crippen LogP contribution < -0.4 is 4.90 Å². The third kappa shape index (κ3) is 5.20. The molecule has 0 amide bonds. The Hall–Kier alpha value is -3.70. The summed E-state index contributed by atoms with van der Waals surface area (Å²) in [6.45, 7) is 0.226. The van der Waals surface area contributed by atoms with Gasteiger partial charge in [-0.05, 0) is 30.9 Å². The fourth-order valence-electron chi connectivity index (χ4n) is 3.86. The van der Waals surface area contributed by atoms with Gasteiger partial charge in [-0.15, -0.1) is 0 Å². The second-order valence-corrected chi connectivity index (χ2v) is 8.60. The maximum absolute atomic E-state index is 14.8. The van der Waals surface area contributed by atoms with E-state index in [4.69, 9.17) is 4.52 Å². The van der Waals surface area contributed by atoms with Crippen molar-refractivity contribution >= 4 is 5.82 Å². The summed E-state index contributed by atoms with van der Waals surface area (Å²) in [4.78, 5) is 10.2. The number of halogens is 2. The van der Waals surface area contributed by atoms with E-state index in [1.54, 1.807) is 39.9 Å². The van der Waals surface area contributed by atoms with Crippen molar-refractivity contribution in [2.45, 2.75) is 25.5 Å². The van der Waals surface area contributed by atoms with Gasteiger partial charge in [-0.1, -0.05) is 23.4 Å². The molecule has 182 valence electrons. The number of hydrogen-bond donors (Lipinski definition) is 2. The molecule has 5 rings (SSSR count). The number of aromatic nitrogens is 5. The van der Waals surface area contributed by atoms with Crippen molar-refractivity contribution in [2.24, 2.45) is 5.92 Å². The standard InChI is InChI=1S/C24H24F2N6O3/c25-18-4-2-1-3-16(18)12-32-22(20-7-8-35-30-20)9-21(29-32)23-27-10-19(26)24(28-23)31(11-15-5-6-15)13-17(34)14-33/h1-4,7-10,15,17,33-34H,5-6,11-14H2. The fourth-order valence-corrected chi connectivity index (χ4v) is 3.86. The number of rotatable bonds is 10. The summed E-state index contributed by atoms with van der Waals surface area (Å²) >= 11 is 0. The minimum absolute atomic E-state index is 0.0287. The molecular formula is C24H24F2N6O3. The molecule has 0 bridgehead atoms. The molecule has 1 aliphatic rings. The Labute approximate surface area is 199 Å². The molecule has 1 aromatic carbocycles. The Morgan fingerprint density at radius 3 is 2.69 bits per heavy atom. The highest BCUT2D eigenvalue weighted by atomic mass is 19.1. The summed E-state index contributed by atoms with van der Waals surface area (Å²) < 4.78 is 35.7. The lowest BCUT2D eigenvalue weighted by Gasteiger charge is -2.26. The Bertz CT molecular complexity index is 1290. The van der Waals surface area contributed by atoms with Crippen molar-refractivity contribution in [1.82, 2.24) is 24.9 Å². The van der Waals surface area contributed by atoms with E-state index < -0.39 is 18.5 Å². The van der Waals surface area contributed by atoms with Crippen LogP contribution in [-0.4, -0.2) is 60.9 Å². The number of aliphatic hydroxyl groups excluding tert-OH is 2. The van der Waals surface area contributed by atoms with Crippen LogP contribution in [0, 0.1) is 17.6 Å². The van der Waals surface area contributed by atoms with Crippen LogP contribution in [0.2, 0.25) is 0 Å². The number of anilines is 1. The van der Waals surface area contributed by atoms with Gasteiger partial charge in [-0.2, -0.15) is 5.10 Å². The normalized spacial score (nSPS) is 14.3. The average molecular weight is 482 g/mol. The SMILES string of the molecule is OCC(O)CN(CC1CC1)c1nc(-c2cc(-c3ccon3)n(Cc3ccccc3F)n2)ncc1F. The lowest BCUT2D eigenvalue weighted by Crippen LogP contribution is -2.37. The summed E-state index contributed by atoms with van der Waals surface area (Å²) in [6, 6.07) is 9.73. The van der Waals surface area contributed by atoms with Crippen LogP contribution in [0.4, 0.5) is 14.6 Å². The molecule has 0 spiro atoms. The van der Waals surface area contributed by atoms with Crippen LogP contribution in [0.3, 0.4) is 0 Å². The summed E-state index contributed by atoms with van der Waals surface area (Å²) in [5, 5.41) is 27.8. The minimum atomic E-state index is -1.04. The van der Waals surface area contributed by atoms with E-state index in [-0.39, 0.29) is 30.5 Å². The first-order chi connectivity index (χ1) is 17.0. The average Bonchev–Trinajstić information content (AvgIpc) is 3.33. The second kappa shape index (κ2) is 9.88. The second-order valence-electron chi connectivity index (χ2n) is 8.60. The van der Waals surface area contributed by atoms with Gasteiger partial charge in [0.25, 0.3) is 0 Å². The molecule has 1 atom stereocenters. The minimum Gasteiger partial charge on any atom is -0.394 e. The summed E-state index contributed by atoms with van der Waals surface area (Å²) in [6.07, 6.45) is 3.49. The van der Waals surface area contributed by atoms with Gasteiger partial charge in [0.05, 0.1) is 31.1 Å². The maximum Gasteiger partial charge on any atom is 0.183 e. The van der Waals surface area contributed by atoms with E-state index in [1.807, 2.05) is 0 Å². The maximum atomic E-state index is 14.8. The van der Waals surface area contributed by atoms with E-state index in [0.29, 0.717) is 35.1 Å². The predicted molar refractivity (Wildman–Crippen MR) is 122 cm³/mol. The number of hydrogen-bond acceptors (Lipinski definition) is 8. The van der Waals surface area contributed by atoms with E-state index in [1.165, 1.54) is 12.3 Å². The van der Waals surface area contributed by atoms with Gasteiger partial charge >= 0.3 is 0 Å². The van der Waals surface area contributed by atoms with Crippen LogP contribution in [0.5, 0.6) is 0 Å². The molecule has 0 saturated heterocycles. The smallest absolute Gasteiger partial charge is 0.183 e. The number of nitrogens with zero attached hydrogens (tertiary/aromatic N) is 6. The Kier molecular flexibility index (Phi) is 6.51. The van der Waals surface area contributed by atoms with Gasteiger partial charge in [0, 0.05) is 24.7 Å². The largest absolute Gasteiger partial charge is 0.394 e. The highest BCUT2D eigenvalue weighted by Crippen LogP contribution is 2.32. The van der Waals surface area contributed by atoms with Crippen molar-refractivity contribution in [2.75, 3.05) is 24.6 Å². The number of aliphatic hydroxyl groups is 2. The molecule has 1 saturated carbocycles. The van der Waals surface area contributed by atoms with Gasteiger partial charge in [0.2, 0.25) is 0 Å². The zero-order valence-corrected chi connectivity index (χ0v) is 18.8. The van der Waals surface area contributed by atoms with Crippen LogP contribution >= 0.6 is 0 Å². The molecule has 11 heteroatoms. The lowest BCUT2D eigenvalue weighted by molar-refractivity contribution is 0.0994. The molecule has 1 fully saturated rings. The van der Waals surface area contributed by atoms with Gasteiger partial charge in [-0.25, -0.2) is 18.7 Å². The molecule has 0 aliphatic heterocycles. The summed E-state index contributed by atoms with van der Waals surface area (Å²) in [7, 11) is 0. The van der Waals surface area contributed by atoms with E-state index in [9.17, 15) is 19.0 Å². The first-order valence-electron chi connectivity index (χ1n) is 11.3. The van der Waals surface area contributed by atoms with Crippen molar-refractivity contribution < 1.29 is 23.5 Å². The monoisotopic (exact) mass is 482 g/mol. The lowest BCUT2D eigenvalue weighted by atomic mass is 10.2. The topological polar surface area (TPSA) is 113 Å². The highest BCUT2D eigenvalue weighted by molar-refractivity contribution is 5.63. The predicted octanol–water partition coefficient (Wildman–Crippen LogP) is 2.89. The highest BCUT2D eigenvalue weighted by Gasteiger charge is 2.28. The van der Waals surface area contributed by atoms with E-state index in [2.05, 4.69) is 20.2 Å². The zero-order chi connectivity index (χ0) is 24.4. The molecule has 1 aliphatic carbocycles. The summed E-state index contributed by atoms with van der Waals surface area (Å²) in [5.74, 6) is -0.424. The Balaban J connectivity index is 1.52. The van der Waals surface area contributed by atoms with E-state index in [0.717, 1.165) is 19.0 Å².